The fourth-order valence-electron chi connectivity index (χ4n) is 4.07. The second kappa shape index (κ2) is 8.11. The van der Waals surface area contributed by atoms with Crippen LogP contribution in [0.5, 0.6) is 5.75 Å². The predicted octanol–water partition coefficient (Wildman–Crippen LogP) is 6.36. The van der Waals surface area contributed by atoms with Crippen molar-refractivity contribution in [3.05, 3.63) is 103 Å². The lowest BCUT2D eigenvalue weighted by Gasteiger charge is -2.25. The van der Waals surface area contributed by atoms with Crippen molar-refractivity contribution < 1.29 is 13.9 Å². The second-order valence-electron chi connectivity index (χ2n) is 7.37. The number of ether oxygens (including phenoxy) is 1. The molecule has 0 saturated carbocycles. The average molecular weight is 511 g/mol. The number of anilines is 1. The topological polar surface area (TPSA) is 59.8 Å². The molecule has 0 radical (unpaired) electrons. The summed E-state index contributed by atoms with van der Waals surface area (Å²) in [6, 6.07) is 19.0. The maximum Gasteiger partial charge on any atom is 0.295 e. The first-order valence-corrected chi connectivity index (χ1v) is 11.2. The summed E-state index contributed by atoms with van der Waals surface area (Å²) in [5.74, 6) is 0.376. The highest BCUT2D eigenvalue weighted by Gasteiger charge is 2.43. The Morgan fingerprint density at radius 3 is 2.56 bits per heavy atom. The van der Waals surface area contributed by atoms with E-state index in [9.17, 15) is 9.59 Å². The minimum Gasteiger partial charge on any atom is -0.494 e. The molecule has 0 fully saturated rings. The van der Waals surface area contributed by atoms with Gasteiger partial charge in [0.1, 0.15) is 11.3 Å². The van der Waals surface area contributed by atoms with Gasteiger partial charge in [0.25, 0.3) is 5.91 Å². The first-order valence-electron chi connectivity index (χ1n) is 10.1. The van der Waals surface area contributed by atoms with E-state index in [1.54, 1.807) is 47.4 Å². The van der Waals surface area contributed by atoms with E-state index in [2.05, 4.69) is 15.9 Å². The van der Waals surface area contributed by atoms with E-state index in [4.69, 9.17) is 20.8 Å². The molecular formula is C25H17BrClNO4. The van der Waals surface area contributed by atoms with Gasteiger partial charge in [0.2, 0.25) is 5.76 Å². The fourth-order valence-corrected chi connectivity index (χ4v) is 4.66. The van der Waals surface area contributed by atoms with Crippen LogP contribution in [0.1, 0.15) is 34.6 Å². The molecule has 2 heterocycles. The number of fused-ring (bicyclic) bond motifs is 2. The van der Waals surface area contributed by atoms with Crippen molar-refractivity contribution in [2.75, 3.05) is 11.5 Å². The quantitative estimate of drug-likeness (QED) is 0.321. The highest BCUT2D eigenvalue weighted by molar-refractivity contribution is 9.10. The van der Waals surface area contributed by atoms with Gasteiger partial charge in [-0.1, -0.05) is 39.7 Å². The molecule has 1 aromatic heterocycles. The summed E-state index contributed by atoms with van der Waals surface area (Å²) in [6.07, 6.45) is 0. The molecule has 0 bridgehead atoms. The number of carbonyl (C=O) groups excluding carboxylic acids is 1. The van der Waals surface area contributed by atoms with E-state index in [-0.39, 0.29) is 17.1 Å². The van der Waals surface area contributed by atoms with Crippen molar-refractivity contribution in [3.63, 3.8) is 0 Å². The van der Waals surface area contributed by atoms with Crippen molar-refractivity contribution in [3.8, 4) is 5.75 Å². The van der Waals surface area contributed by atoms with Crippen molar-refractivity contribution in [2.24, 2.45) is 0 Å². The molecule has 0 aliphatic carbocycles. The number of rotatable bonds is 4. The third kappa shape index (κ3) is 3.40. The molecule has 1 atom stereocenters. The van der Waals surface area contributed by atoms with Crippen LogP contribution in [0.3, 0.4) is 0 Å². The highest BCUT2D eigenvalue weighted by Crippen LogP contribution is 2.42. The van der Waals surface area contributed by atoms with Gasteiger partial charge >= 0.3 is 0 Å². The first kappa shape index (κ1) is 20.8. The molecule has 7 heteroatoms. The molecule has 0 N–H and O–H groups in total. The van der Waals surface area contributed by atoms with Crippen LogP contribution >= 0.6 is 27.5 Å². The van der Waals surface area contributed by atoms with E-state index in [1.807, 2.05) is 31.2 Å². The van der Waals surface area contributed by atoms with Gasteiger partial charge in [0, 0.05) is 15.2 Å². The number of hydrogen-bond donors (Lipinski definition) is 0. The molecule has 160 valence electrons. The number of hydrogen-bond acceptors (Lipinski definition) is 4. The third-order valence-electron chi connectivity index (χ3n) is 5.42. The maximum absolute atomic E-state index is 13.6. The van der Waals surface area contributed by atoms with E-state index in [0.717, 1.165) is 10.0 Å². The Kier molecular flexibility index (Phi) is 5.27. The van der Waals surface area contributed by atoms with Crippen LogP contribution in [-0.2, 0) is 0 Å². The van der Waals surface area contributed by atoms with Crippen LogP contribution in [-0.4, -0.2) is 12.5 Å². The minimum atomic E-state index is -0.646. The van der Waals surface area contributed by atoms with E-state index in [1.165, 1.54) is 0 Å². The van der Waals surface area contributed by atoms with E-state index in [0.29, 0.717) is 39.6 Å². The number of carbonyl (C=O) groups is 1. The lowest BCUT2D eigenvalue weighted by Crippen LogP contribution is -2.29. The van der Waals surface area contributed by atoms with Crippen molar-refractivity contribution in [2.45, 2.75) is 13.0 Å². The summed E-state index contributed by atoms with van der Waals surface area (Å²) in [5.41, 5.74) is 1.78. The van der Waals surface area contributed by atoms with Gasteiger partial charge in [0.15, 0.2) is 5.43 Å². The normalized spacial score (nSPS) is 15.3. The molecule has 0 spiro atoms. The first-order chi connectivity index (χ1) is 15.5. The third-order valence-corrected chi connectivity index (χ3v) is 6.15. The molecule has 0 saturated heterocycles. The molecule has 5 rings (SSSR count). The largest absolute Gasteiger partial charge is 0.494 e. The van der Waals surface area contributed by atoms with E-state index < -0.39 is 6.04 Å². The molecule has 5 nitrogen and oxygen atoms in total. The van der Waals surface area contributed by atoms with Gasteiger partial charge in [0.05, 0.1) is 23.6 Å². The minimum absolute atomic E-state index is 0.0451. The predicted molar refractivity (Wildman–Crippen MR) is 128 cm³/mol. The summed E-state index contributed by atoms with van der Waals surface area (Å²) < 4.78 is 12.3. The van der Waals surface area contributed by atoms with Crippen LogP contribution in [0.4, 0.5) is 5.69 Å². The number of halogens is 2. The van der Waals surface area contributed by atoms with Gasteiger partial charge in [-0.15, -0.1) is 0 Å². The average Bonchev–Trinajstić information content (AvgIpc) is 3.08. The summed E-state index contributed by atoms with van der Waals surface area (Å²) in [4.78, 5) is 28.7. The van der Waals surface area contributed by atoms with Crippen LogP contribution < -0.4 is 15.1 Å². The Labute approximate surface area is 197 Å². The summed E-state index contributed by atoms with van der Waals surface area (Å²) in [7, 11) is 0. The summed E-state index contributed by atoms with van der Waals surface area (Å²) in [6.45, 7) is 2.45. The molecular weight excluding hydrogens is 494 g/mol. The number of amides is 1. The van der Waals surface area contributed by atoms with Gasteiger partial charge in [-0.2, -0.15) is 0 Å². The zero-order chi connectivity index (χ0) is 22.4. The van der Waals surface area contributed by atoms with Crippen molar-refractivity contribution >= 4 is 50.1 Å². The highest BCUT2D eigenvalue weighted by atomic mass is 79.9. The molecule has 1 amide bonds. The Bertz CT molecular complexity index is 1410. The Morgan fingerprint density at radius 1 is 1.06 bits per heavy atom. The Balaban J connectivity index is 1.76. The molecule has 1 aliphatic heterocycles. The lowest BCUT2D eigenvalue weighted by atomic mass is 9.98. The smallest absolute Gasteiger partial charge is 0.295 e. The van der Waals surface area contributed by atoms with Crippen LogP contribution in [0.25, 0.3) is 11.0 Å². The lowest BCUT2D eigenvalue weighted by molar-refractivity contribution is 0.0971. The zero-order valence-electron chi connectivity index (χ0n) is 17.0. The van der Waals surface area contributed by atoms with Gasteiger partial charge in [-0.3, -0.25) is 14.5 Å². The fraction of sp³-hybridized carbons (Fsp3) is 0.120. The molecule has 32 heavy (non-hydrogen) atoms. The molecule has 4 aromatic rings. The Hall–Kier alpha value is -3.09. The van der Waals surface area contributed by atoms with Crippen molar-refractivity contribution in [1.29, 1.82) is 0 Å². The van der Waals surface area contributed by atoms with Gasteiger partial charge < -0.3 is 9.15 Å². The SMILES string of the molecule is CCOc1ccc(N2C(=O)c3oc4ccc(Cl)cc4c(=O)c3C2c2cccc(Br)c2)cc1. The Morgan fingerprint density at radius 2 is 1.84 bits per heavy atom. The molecule has 1 aliphatic rings. The second-order valence-corrected chi connectivity index (χ2v) is 8.73. The van der Waals surface area contributed by atoms with Gasteiger partial charge in [-0.05, 0) is 67.1 Å². The van der Waals surface area contributed by atoms with Crippen LogP contribution in [0, 0.1) is 0 Å². The molecule has 1 unspecified atom stereocenters. The monoisotopic (exact) mass is 509 g/mol. The standard InChI is InChI=1S/C25H17BrClNO4/c1-2-31-18-9-7-17(8-10-18)28-22(14-4-3-5-15(26)12-14)21-23(29)19-13-16(27)6-11-20(19)32-24(21)25(28)30/h3-13,22H,2H2,1H3. The van der Waals surface area contributed by atoms with Crippen LogP contribution in [0.15, 0.2) is 80.4 Å². The molecule has 3 aromatic carbocycles. The zero-order valence-corrected chi connectivity index (χ0v) is 19.3. The number of nitrogens with zero attached hydrogens (tertiary/aromatic N) is 1. The van der Waals surface area contributed by atoms with Crippen molar-refractivity contribution in [1.82, 2.24) is 0 Å². The van der Waals surface area contributed by atoms with Gasteiger partial charge in [-0.25, -0.2) is 0 Å². The summed E-state index contributed by atoms with van der Waals surface area (Å²) >= 11 is 9.63. The number of benzene rings is 3. The van der Waals surface area contributed by atoms with Crippen LogP contribution in [0.2, 0.25) is 5.02 Å². The maximum atomic E-state index is 13.6. The summed E-state index contributed by atoms with van der Waals surface area (Å²) in [5, 5.41) is 0.772. The van der Waals surface area contributed by atoms with E-state index >= 15 is 0 Å².